The van der Waals surface area contributed by atoms with Crippen molar-refractivity contribution < 1.29 is 9.18 Å². The lowest BCUT2D eigenvalue weighted by molar-refractivity contribution is 0.112. The number of pyridine rings is 1. The number of halogens is 1. The van der Waals surface area contributed by atoms with Crippen LogP contribution in [0.2, 0.25) is 0 Å². The topological polar surface area (TPSA) is 56.0 Å². The minimum Gasteiger partial charge on any atom is -0.327 e. The standard InChI is InChI=1S/C15H13FN2O/c16-15-10(8-19)2-1-3-11(15)14-5-4-9(7-18-14)12-6-13(12)17/h1-5,7-8,12-13H,6,17H2/t12-,13+/m0/s1. The SMILES string of the molecule is N[C@@H]1C[C@H]1c1ccc(-c2cccc(C=O)c2F)nc1. The number of nitrogens with zero attached hydrogens (tertiary/aromatic N) is 1. The molecule has 0 bridgehead atoms. The molecule has 0 spiro atoms. The first-order valence-corrected chi connectivity index (χ1v) is 6.16. The minimum absolute atomic E-state index is 0.0487. The molecule has 1 aromatic carbocycles. The van der Waals surface area contributed by atoms with Crippen LogP contribution in [0, 0.1) is 5.82 Å². The fourth-order valence-corrected chi connectivity index (χ4v) is 2.22. The number of benzene rings is 1. The molecular formula is C15H13FN2O. The second-order valence-electron chi connectivity index (χ2n) is 4.81. The molecule has 19 heavy (non-hydrogen) atoms. The predicted molar refractivity (Wildman–Crippen MR) is 70.4 cm³/mol. The van der Waals surface area contributed by atoms with Gasteiger partial charge in [0, 0.05) is 23.7 Å². The van der Waals surface area contributed by atoms with E-state index in [-0.39, 0.29) is 11.6 Å². The van der Waals surface area contributed by atoms with Gasteiger partial charge in [-0.25, -0.2) is 4.39 Å². The van der Waals surface area contributed by atoms with Crippen molar-refractivity contribution in [3.05, 3.63) is 53.5 Å². The smallest absolute Gasteiger partial charge is 0.153 e. The molecule has 1 aliphatic rings. The van der Waals surface area contributed by atoms with E-state index < -0.39 is 5.82 Å². The van der Waals surface area contributed by atoms with Gasteiger partial charge in [-0.2, -0.15) is 0 Å². The molecule has 0 aliphatic heterocycles. The van der Waals surface area contributed by atoms with E-state index in [0.29, 0.717) is 23.5 Å². The minimum atomic E-state index is -0.527. The van der Waals surface area contributed by atoms with Crippen LogP contribution in [0.15, 0.2) is 36.5 Å². The largest absolute Gasteiger partial charge is 0.327 e. The molecule has 2 aromatic rings. The fourth-order valence-electron chi connectivity index (χ4n) is 2.22. The highest BCUT2D eigenvalue weighted by molar-refractivity contribution is 5.79. The molecule has 3 nitrogen and oxygen atoms in total. The van der Waals surface area contributed by atoms with Gasteiger partial charge in [-0.3, -0.25) is 9.78 Å². The lowest BCUT2D eigenvalue weighted by Crippen LogP contribution is -2.01. The first kappa shape index (κ1) is 12.0. The average Bonchev–Trinajstić information content (AvgIpc) is 3.16. The van der Waals surface area contributed by atoms with Gasteiger partial charge >= 0.3 is 0 Å². The number of hydrogen-bond acceptors (Lipinski definition) is 3. The summed E-state index contributed by atoms with van der Waals surface area (Å²) < 4.78 is 14.0. The lowest BCUT2D eigenvalue weighted by Gasteiger charge is -2.05. The molecule has 3 rings (SSSR count). The third-order valence-electron chi connectivity index (χ3n) is 3.49. The Morgan fingerprint density at radius 1 is 1.32 bits per heavy atom. The first-order valence-electron chi connectivity index (χ1n) is 6.16. The number of aromatic nitrogens is 1. The number of nitrogens with two attached hydrogens (primary N) is 1. The molecule has 1 aliphatic carbocycles. The van der Waals surface area contributed by atoms with Crippen LogP contribution in [-0.4, -0.2) is 17.3 Å². The van der Waals surface area contributed by atoms with Crippen LogP contribution >= 0.6 is 0 Å². The molecule has 2 N–H and O–H groups in total. The van der Waals surface area contributed by atoms with E-state index in [0.717, 1.165) is 12.0 Å². The lowest BCUT2D eigenvalue weighted by atomic mass is 10.1. The van der Waals surface area contributed by atoms with E-state index in [1.165, 1.54) is 6.07 Å². The summed E-state index contributed by atoms with van der Waals surface area (Å²) in [5.41, 5.74) is 7.79. The van der Waals surface area contributed by atoms with E-state index in [4.69, 9.17) is 5.73 Å². The Morgan fingerprint density at radius 2 is 2.11 bits per heavy atom. The molecule has 1 aromatic heterocycles. The maximum atomic E-state index is 14.0. The van der Waals surface area contributed by atoms with Crippen molar-refractivity contribution in [2.75, 3.05) is 0 Å². The molecule has 4 heteroatoms. The van der Waals surface area contributed by atoms with Gasteiger partial charge in [0.05, 0.1) is 11.3 Å². The third kappa shape index (κ3) is 2.15. The normalized spacial score (nSPS) is 21.2. The van der Waals surface area contributed by atoms with Crippen molar-refractivity contribution in [2.24, 2.45) is 5.73 Å². The summed E-state index contributed by atoms with van der Waals surface area (Å²) >= 11 is 0. The Kier molecular flexibility index (Phi) is 2.87. The zero-order chi connectivity index (χ0) is 13.4. The summed E-state index contributed by atoms with van der Waals surface area (Å²) in [4.78, 5) is 15.0. The van der Waals surface area contributed by atoms with E-state index in [1.807, 2.05) is 6.07 Å². The van der Waals surface area contributed by atoms with Gasteiger partial charge in [-0.15, -0.1) is 0 Å². The maximum absolute atomic E-state index is 14.0. The van der Waals surface area contributed by atoms with Crippen LogP contribution < -0.4 is 5.73 Å². The Morgan fingerprint density at radius 3 is 2.68 bits per heavy atom. The van der Waals surface area contributed by atoms with E-state index in [9.17, 15) is 9.18 Å². The van der Waals surface area contributed by atoms with Gasteiger partial charge in [-0.05, 0) is 30.2 Å². The maximum Gasteiger partial charge on any atom is 0.153 e. The number of carbonyl (C=O) groups excluding carboxylic acids is 1. The number of rotatable bonds is 3. The van der Waals surface area contributed by atoms with Crippen molar-refractivity contribution in [1.82, 2.24) is 4.98 Å². The van der Waals surface area contributed by atoms with Gasteiger partial charge in [0.2, 0.25) is 0 Å². The predicted octanol–water partition coefficient (Wildman–Crippen LogP) is 2.51. The van der Waals surface area contributed by atoms with Crippen molar-refractivity contribution in [2.45, 2.75) is 18.4 Å². The molecule has 1 fully saturated rings. The summed E-state index contributed by atoms with van der Waals surface area (Å²) in [5.74, 6) is -0.145. The second-order valence-corrected chi connectivity index (χ2v) is 4.81. The quantitative estimate of drug-likeness (QED) is 0.858. The molecule has 0 saturated heterocycles. The Balaban J connectivity index is 1.96. The van der Waals surface area contributed by atoms with Crippen molar-refractivity contribution in [3.63, 3.8) is 0 Å². The van der Waals surface area contributed by atoms with Gasteiger partial charge in [-0.1, -0.05) is 12.1 Å². The average molecular weight is 256 g/mol. The van der Waals surface area contributed by atoms with Crippen molar-refractivity contribution >= 4 is 6.29 Å². The highest BCUT2D eigenvalue weighted by Crippen LogP contribution is 2.39. The zero-order valence-electron chi connectivity index (χ0n) is 10.2. The highest BCUT2D eigenvalue weighted by atomic mass is 19.1. The van der Waals surface area contributed by atoms with Crippen LogP contribution in [0.3, 0.4) is 0 Å². The van der Waals surface area contributed by atoms with E-state index >= 15 is 0 Å². The third-order valence-corrected chi connectivity index (χ3v) is 3.49. The summed E-state index contributed by atoms with van der Waals surface area (Å²) in [5, 5.41) is 0. The number of aldehydes is 1. The van der Waals surface area contributed by atoms with Crippen LogP contribution in [0.25, 0.3) is 11.3 Å². The van der Waals surface area contributed by atoms with Crippen LogP contribution in [0.5, 0.6) is 0 Å². The summed E-state index contributed by atoms with van der Waals surface area (Å²) in [7, 11) is 0. The zero-order valence-corrected chi connectivity index (χ0v) is 10.2. The monoisotopic (exact) mass is 256 g/mol. The van der Waals surface area contributed by atoms with Crippen LogP contribution in [0.1, 0.15) is 28.3 Å². The molecule has 1 heterocycles. The summed E-state index contributed by atoms with van der Waals surface area (Å²) in [6, 6.07) is 8.63. The highest BCUT2D eigenvalue weighted by Gasteiger charge is 2.34. The van der Waals surface area contributed by atoms with E-state index in [2.05, 4.69) is 4.98 Å². The fraction of sp³-hybridized carbons (Fsp3) is 0.200. The molecule has 1 saturated carbocycles. The first-order chi connectivity index (χ1) is 9.20. The second kappa shape index (κ2) is 4.55. The molecule has 0 amide bonds. The van der Waals surface area contributed by atoms with Crippen LogP contribution in [0.4, 0.5) is 4.39 Å². The van der Waals surface area contributed by atoms with Crippen molar-refractivity contribution in [1.29, 1.82) is 0 Å². The summed E-state index contributed by atoms with van der Waals surface area (Å²) in [6.07, 6.45) is 3.23. The van der Waals surface area contributed by atoms with Gasteiger partial charge in [0.15, 0.2) is 6.29 Å². The molecular weight excluding hydrogens is 243 g/mol. The van der Waals surface area contributed by atoms with Crippen molar-refractivity contribution in [3.8, 4) is 11.3 Å². The van der Waals surface area contributed by atoms with Gasteiger partial charge in [0.25, 0.3) is 0 Å². The van der Waals surface area contributed by atoms with E-state index in [1.54, 1.807) is 24.4 Å². The Bertz CT molecular complexity index is 625. The van der Waals surface area contributed by atoms with Gasteiger partial charge in [0.1, 0.15) is 5.82 Å². The molecule has 0 unspecified atom stereocenters. The van der Waals surface area contributed by atoms with Gasteiger partial charge < -0.3 is 5.73 Å². The molecule has 0 radical (unpaired) electrons. The number of hydrogen-bond donors (Lipinski definition) is 1. The van der Waals surface area contributed by atoms with Crippen LogP contribution in [-0.2, 0) is 0 Å². The Hall–Kier alpha value is -2.07. The number of carbonyl (C=O) groups is 1. The Labute approximate surface area is 110 Å². The summed E-state index contributed by atoms with van der Waals surface area (Å²) in [6.45, 7) is 0. The molecule has 96 valence electrons. The molecule has 2 atom stereocenters.